The molecule has 0 saturated carbocycles. The van der Waals surface area contributed by atoms with Crippen LogP contribution in [0, 0.1) is 5.41 Å². The first kappa shape index (κ1) is 12.0. The van der Waals surface area contributed by atoms with Gasteiger partial charge in [-0.3, -0.25) is 9.59 Å². The van der Waals surface area contributed by atoms with E-state index in [-0.39, 0.29) is 17.2 Å². The van der Waals surface area contributed by atoms with Crippen LogP contribution >= 0.6 is 0 Å². The third-order valence-electron chi connectivity index (χ3n) is 2.72. The maximum absolute atomic E-state index is 12.1. The highest BCUT2D eigenvalue weighted by Gasteiger charge is 2.37. The molecule has 1 N–H and O–H groups in total. The van der Waals surface area contributed by atoms with Crippen molar-refractivity contribution in [2.45, 2.75) is 40.2 Å². The van der Waals surface area contributed by atoms with Crippen LogP contribution in [0.4, 0.5) is 0 Å². The van der Waals surface area contributed by atoms with E-state index in [0.29, 0.717) is 19.5 Å². The third kappa shape index (κ3) is 2.70. The summed E-state index contributed by atoms with van der Waals surface area (Å²) in [7, 11) is 0. The van der Waals surface area contributed by atoms with Crippen molar-refractivity contribution < 1.29 is 9.59 Å². The molecule has 0 radical (unpaired) electrons. The quantitative estimate of drug-likeness (QED) is 0.698. The van der Waals surface area contributed by atoms with Gasteiger partial charge in [-0.1, -0.05) is 20.8 Å². The number of rotatable bonds is 1. The number of hydrogen-bond donors (Lipinski definition) is 1. The lowest BCUT2D eigenvalue weighted by Crippen LogP contribution is -2.51. The van der Waals surface area contributed by atoms with Crippen molar-refractivity contribution in [2.24, 2.45) is 5.41 Å². The van der Waals surface area contributed by atoms with E-state index in [2.05, 4.69) is 5.32 Å². The van der Waals surface area contributed by atoms with Crippen LogP contribution in [-0.2, 0) is 9.59 Å². The van der Waals surface area contributed by atoms with Crippen molar-refractivity contribution in [1.29, 1.82) is 0 Å². The number of nitrogens with zero attached hydrogens (tertiary/aromatic N) is 1. The molecule has 1 aliphatic heterocycles. The molecule has 15 heavy (non-hydrogen) atoms. The Kier molecular flexibility index (Phi) is 3.37. The van der Waals surface area contributed by atoms with Crippen LogP contribution in [0.3, 0.4) is 0 Å². The van der Waals surface area contributed by atoms with Gasteiger partial charge >= 0.3 is 0 Å². The van der Waals surface area contributed by atoms with Gasteiger partial charge in [-0.15, -0.1) is 0 Å². The fourth-order valence-corrected chi connectivity index (χ4v) is 1.73. The normalized spacial score (nSPS) is 23.7. The summed E-state index contributed by atoms with van der Waals surface area (Å²) in [5.41, 5.74) is -0.232. The second-order valence-electron chi connectivity index (χ2n) is 5.03. The number of carbonyl (C=O) groups excluding carboxylic acids is 2. The van der Waals surface area contributed by atoms with E-state index in [1.807, 2.05) is 27.7 Å². The fraction of sp³-hybridized carbons (Fsp3) is 0.818. The SMILES string of the molecule is CCN1CCC(=O)NC(C(C)(C)C)C1=O. The smallest absolute Gasteiger partial charge is 0.245 e. The van der Waals surface area contributed by atoms with Crippen LogP contribution in [-0.4, -0.2) is 35.8 Å². The molecule has 1 unspecified atom stereocenters. The zero-order valence-corrected chi connectivity index (χ0v) is 9.96. The van der Waals surface area contributed by atoms with Gasteiger partial charge in [-0.05, 0) is 12.3 Å². The van der Waals surface area contributed by atoms with Crippen LogP contribution in [0.2, 0.25) is 0 Å². The van der Waals surface area contributed by atoms with Crippen molar-refractivity contribution in [2.75, 3.05) is 13.1 Å². The minimum atomic E-state index is -0.396. The molecule has 1 fully saturated rings. The van der Waals surface area contributed by atoms with E-state index in [1.165, 1.54) is 0 Å². The van der Waals surface area contributed by atoms with Gasteiger partial charge in [-0.25, -0.2) is 0 Å². The number of hydrogen-bond acceptors (Lipinski definition) is 2. The second kappa shape index (κ2) is 4.21. The summed E-state index contributed by atoms with van der Waals surface area (Å²) >= 11 is 0. The molecule has 1 aliphatic rings. The second-order valence-corrected chi connectivity index (χ2v) is 5.03. The van der Waals surface area contributed by atoms with Gasteiger partial charge in [0.25, 0.3) is 0 Å². The van der Waals surface area contributed by atoms with Gasteiger partial charge in [0.05, 0.1) is 0 Å². The van der Waals surface area contributed by atoms with Gasteiger partial charge in [0, 0.05) is 19.5 Å². The predicted octanol–water partition coefficient (Wildman–Crippen LogP) is 0.769. The summed E-state index contributed by atoms with van der Waals surface area (Å²) in [6.07, 6.45) is 0.409. The Morgan fingerprint density at radius 3 is 2.47 bits per heavy atom. The molecule has 0 spiro atoms. The van der Waals surface area contributed by atoms with E-state index in [9.17, 15) is 9.59 Å². The molecule has 0 aromatic heterocycles. The van der Waals surface area contributed by atoms with Crippen molar-refractivity contribution in [3.63, 3.8) is 0 Å². The van der Waals surface area contributed by atoms with Crippen LogP contribution in [0.15, 0.2) is 0 Å². The first-order valence-electron chi connectivity index (χ1n) is 5.44. The maximum Gasteiger partial charge on any atom is 0.245 e. The van der Waals surface area contributed by atoms with Crippen molar-refractivity contribution in [1.82, 2.24) is 10.2 Å². The third-order valence-corrected chi connectivity index (χ3v) is 2.72. The Hall–Kier alpha value is -1.06. The molecule has 1 rings (SSSR count). The molecular weight excluding hydrogens is 192 g/mol. The minimum absolute atomic E-state index is 0.0285. The summed E-state index contributed by atoms with van der Waals surface area (Å²) < 4.78 is 0. The Bertz CT molecular complexity index is 268. The summed E-state index contributed by atoms with van der Waals surface area (Å²) in [6.45, 7) is 9.04. The first-order chi connectivity index (χ1) is 6.86. The van der Waals surface area contributed by atoms with Crippen molar-refractivity contribution in [3.05, 3.63) is 0 Å². The number of amides is 2. The first-order valence-corrected chi connectivity index (χ1v) is 5.44. The van der Waals surface area contributed by atoms with Crippen LogP contribution in [0.1, 0.15) is 34.1 Å². The van der Waals surface area contributed by atoms with Gasteiger partial charge in [0.15, 0.2) is 0 Å². The molecule has 0 aromatic rings. The van der Waals surface area contributed by atoms with Gasteiger partial charge in [-0.2, -0.15) is 0 Å². The monoisotopic (exact) mass is 212 g/mol. The van der Waals surface area contributed by atoms with Crippen molar-refractivity contribution >= 4 is 11.8 Å². The number of nitrogens with one attached hydrogen (secondary N) is 1. The standard InChI is InChI=1S/C11H20N2O2/c1-5-13-7-6-8(14)12-9(10(13)15)11(2,3)4/h9H,5-7H2,1-4H3,(H,12,14). The van der Waals surface area contributed by atoms with Crippen LogP contribution < -0.4 is 5.32 Å². The Morgan fingerprint density at radius 1 is 1.40 bits per heavy atom. The Balaban J connectivity index is 2.92. The molecule has 4 heteroatoms. The highest BCUT2D eigenvalue weighted by Crippen LogP contribution is 2.22. The number of likely N-dealkylation sites (N-methyl/N-ethyl adjacent to an activating group) is 1. The summed E-state index contributed by atoms with van der Waals surface area (Å²) in [5, 5.41) is 2.80. The van der Waals surface area contributed by atoms with Gasteiger partial charge in [0.1, 0.15) is 6.04 Å². The number of carbonyl (C=O) groups is 2. The van der Waals surface area contributed by atoms with E-state index in [0.717, 1.165) is 0 Å². The zero-order valence-electron chi connectivity index (χ0n) is 9.96. The van der Waals surface area contributed by atoms with Gasteiger partial charge in [0.2, 0.25) is 11.8 Å². The largest absolute Gasteiger partial charge is 0.344 e. The van der Waals surface area contributed by atoms with Crippen molar-refractivity contribution in [3.8, 4) is 0 Å². The summed E-state index contributed by atoms with van der Waals surface area (Å²) in [4.78, 5) is 25.3. The van der Waals surface area contributed by atoms with E-state index in [4.69, 9.17) is 0 Å². The molecule has 0 bridgehead atoms. The molecule has 1 heterocycles. The molecule has 2 amide bonds. The van der Waals surface area contributed by atoms with Crippen LogP contribution in [0.25, 0.3) is 0 Å². The van der Waals surface area contributed by atoms with E-state index < -0.39 is 6.04 Å². The highest BCUT2D eigenvalue weighted by atomic mass is 16.2. The van der Waals surface area contributed by atoms with Crippen LogP contribution in [0.5, 0.6) is 0 Å². The lowest BCUT2D eigenvalue weighted by molar-refractivity contribution is -0.136. The Labute approximate surface area is 91.0 Å². The lowest BCUT2D eigenvalue weighted by Gasteiger charge is -2.31. The minimum Gasteiger partial charge on any atom is -0.344 e. The van der Waals surface area contributed by atoms with E-state index >= 15 is 0 Å². The van der Waals surface area contributed by atoms with E-state index in [1.54, 1.807) is 4.90 Å². The molecule has 86 valence electrons. The predicted molar refractivity (Wildman–Crippen MR) is 58.3 cm³/mol. The summed E-state index contributed by atoms with van der Waals surface area (Å²) in [5.74, 6) is 0.00933. The fourth-order valence-electron chi connectivity index (χ4n) is 1.73. The molecule has 0 aliphatic carbocycles. The molecule has 0 aromatic carbocycles. The molecule has 1 atom stereocenters. The lowest BCUT2D eigenvalue weighted by atomic mass is 9.86. The Morgan fingerprint density at radius 2 is 2.00 bits per heavy atom. The topological polar surface area (TPSA) is 49.4 Å². The molecular formula is C11H20N2O2. The average molecular weight is 212 g/mol. The summed E-state index contributed by atoms with van der Waals surface area (Å²) in [6, 6.07) is -0.396. The highest BCUT2D eigenvalue weighted by molar-refractivity contribution is 5.90. The van der Waals surface area contributed by atoms with Gasteiger partial charge < -0.3 is 10.2 Å². The molecule has 4 nitrogen and oxygen atoms in total. The zero-order chi connectivity index (χ0) is 11.6. The molecule has 1 saturated heterocycles. The average Bonchev–Trinajstić information content (AvgIpc) is 2.25. The maximum atomic E-state index is 12.1.